The third kappa shape index (κ3) is 4.68. The van der Waals surface area contributed by atoms with Crippen molar-refractivity contribution in [3.05, 3.63) is 35.9 Å². The lowest BCUT2D eigenvalue weighted by molar-refractivity contribution is -0.154. The van der Waals surface area contributed by atoms with Crippen LogP contribution in [0.25, 0.3) is 0 Å². The zero-order valence-corrected chi connectivity index (χ0v) is 9.50. The molecule has 0 saturated heterocycles. The Morgan fingerprint density at radius 3 is 2.12 bits per heavy atom. The maximum absolute atomic E-state index is 10.6. The quantitative estimate of drug-likeness (QED) is 0.562. The first-order valence-corrected chi connectivity index (χ1v) is 5.61. The van der Waals surface area contributed by atoms with Gasteiger partial charge in [0.2, 0.25) is 0 Å². The number of hydrogen-bond donors (Lipinski definition) is 2. The summed E-state index contributed by atoms with van der Waals surface area (Å²) < 4.78 is 0. The van der Waals surface area contributed by atoms with E-state index >= 15 is 0 Å². The number of aliphatic carboxylic acids is 2. The van der Waals surface area contributed by atoms with Crippen LogP contribution in [0.4, 0.5) is 0 Å². The Morgan fingerprint density at radius 2 is 1.59 bits per heavy atom. The Hall–Kier alpha value is -1.84. The minimum Gasteiger partial charge on any atom is -0.481 e. The molecule has 0 aliphatic heterocycles. The van der Waals surface area contributed by atoms with Gasteiger partial charge in [0.1, 0.15) is 0 Å². The van der Waals surface area contributed by atoms with Crippen LogP contribution in [0.15, 0.2) is 30.3 Å². The van der Waals surface area contributed by atoms with Gasteiger partial charge in [-0.05, 0) is 24.8 Å². The minimum atomic E-state index is -1.27. The van der Waals surface area contributed by atoms with Crippen LogP contribution in [0, 0.1) is 5.92 Å². The monoisotopic (exact) mass is 236 g/mol. The molecule has 0 aromatic heterocycles. The summed E-state index contributed by atoms with van der Waals surface area (Å²) in [6, 6.07) is 9.85. The van der Waals surface area contributed by atoms with E-state index in [2.05, 4.69) is 0 Å². The first-order chi connectivity index (χ1) is 8.11. The van der Waals surface area contributed by atoms with E-state index in [4.69, 9.17) is 10.2 Å². The second-order valence-corrected chi connectivity index (χ2v) is 3.96. The Bertz CT molecular complexity index is 358. The Kier molecular flexibility index (Phi) is 5.20. The smallest absolute Gasteiger partial charge is 0.317 e. The lowest BCUT2D eigenvalue weighted by Crippen LogP contribution is -2.23. The molecule has 0 amide bonds. The molecule has 0 spiro atoms. The second kappa shape index (κ2) is 6.68. The van der Waals surface area contributed by atoms with Crippen molar-refractivity contribution < 1.29 is 19.8 Å². The number of carboxylic acid groups (broad SMARTS) is 2. The predicted molar refractivity (Wildman–Crippen MR) is 62.8 cm³/mol. The Balaban J connectivity index is 2.28. The summed E-state index contributed by atoms with van der Waals surface area (Å²) in [4.78, 5) is 21.2. The van der Waals surface area contributed by atoms with Crippen molar-refractivity contribution in [1.29, 1.82) is 0 Å². The van der Waals surface area contributed by atoms with Crippen molar-refractivity contribution in [3.63, 3.8) is 0 Å². The Labute approximate surface area is 99.9 Å². The van der Waals surface area contributed by atoms with Gasteiger partial charge in [-0.25, -0.2) is 0 Å². The van der Waals surface area contributed by atoms with Crippen LogP contribution >= 0.6 is 0 Å². The highest BCUT2D eigenvalue weighted by atomic mass is 16.4. The van der Waals surface area contributed by atoms with Crippen molar-refractivity contribution in [2.24, 2.45) is 5.92 Å². The summed E-state index contributed by atoms with van der Waals surface area (Å²) >= 11 is 0. The largest absolute Gasteiger partial charge is 0.481 e. The molecule has 1 aromatic rings. The van der Waals surface area contributed by atoms with Gasteiger partial charge in [0.05, 0.1) is 0 Å². The molecule has 0 fully saturated rings. The van der Waals surface area contributed by atoms with Crippen LogP contribution in [-0.2, 0) is 16.0 Å². The van der Waals surface area contributed by atoms with Crippen molar-refractivity contribution in [1.82, 2.24) is 0 Å². The molecule has 0 atom stereocenters. The molecule has 92 valence electrons. The molecule has 0 aliphatic rings. The average Bonchev–Trinajstić information content (AvgIpc) is 2.29. The maximum Gasteiger partial charge on any atom is 0.317 e. The fourth-order valence-corrected chi connectivity index (χ4v) is 1.67. The molecule has 0 heterocycles. The van der Waals surface area contributed by atoms with E-state index in [1.54, 1.807) is 0 Å². The molecule has 2 N–H and O–H groups in total. The highest BCUT2D eigenvalue weighted by molar-refractivity contribution is 5.92. The van der Waals surface area contributed by atoms with Gasteiger partial charge in [-0.1, -0.05) is 36.8 Å². The zero-order valence-electron chi connectivity index (χ0n) is 9.50. The van der Waals surface area contributed by atoms with E-state index in [-0.39, 0.29) is 6.42 Å². The topological polar surface area (TPSA) is 74.6 Å². The summed E-state index contributed by atoms with van der Waals surface area (Å²) in [7, 11) is 0. The average molecular weight is 236 g/mol. The fraction of sp³-hybridized carbons (Fsp3) is 0.385. The van der Waals surface area contributed by atoms with Crippen LogP contribution in [0.1, 0.15) is 24.8 Å². The number of rotatable bonds is 7. The van der Waals surface area contributed by atoms with Crippen molar-refractivity contribution >= 4 is 11.9 Å². The van der Waals surface area contributed by atoms with Gasteiger partial charge in [0.15, 0.2) is 5.92 Å². The lowest BCUT2D eigenvalue weighted by atomic mass is 10.00. The van der Waals surface area contributed by atoms with Crippen LogP contribution in [-0.4, -0.2) is 22.2 Å². The molecule has 1 aromatic carbocycles. The van der Waals surface area contributed by atoms with Crippen LogP contribution < -0.4 is 0 Å². The number of hydrogen-bond acceptors (Lipinski definition) is 2. The van der Waals surface area contributed by atoms with Gasteiger partial charge in [0.25, 0.3) is 0 Å². The standard InChI is InChI=1S/C13H16O4/c14-12(15)11(13(16)17)9-5-4-8-10-6-2-1-3-7-10/h1-3,6-7,11H,4-5,8-9H2,(H,14,15)(H,16,17). The minimum absolute atomic E-state index is 0.192. The molecule has 0 radical (unpaired) electrons. The normalized spacial score (nSPS) is 10.4. The third-order valence-electron chi connectivity index (χ3n) is 2.65. The molecule has 4 nitrogen and oxygen atoms in total. The molecule has 4 heteroatoms. The molecular formula is C13H16O4. The van der Waals surface area contributed by atoms with E-state index in [0.717, 1.165) is 12.8 Å². The van der Waals surface area contributed by atoms with Crippen LogP contribution in [0.3, 0.4) is 0 Å². The van der Waals surface area contributed by atoms with E-state index < -0.39 is 17.9 Å². The number of benzene rings is 1. The molecular weight excluding hydrogens is 220 g/mol. The van der Waals surface area contributed by atoms with Crippen molar-refractivity contribution in [2.45, 2.75) is 25.7 Å². The first kappa shape index (κ1) is 13.2. The molecule has 17 heavy (non-hydrogen) atoms. The van der Waals surface area contributed by atoms with E-state index in [1.807, 2.05) is 30.3 Å². The lowest BCUT2D eigenvalue weighted by Gasteiger charge is -2.06. The Morgan fingerprint density at radius 1 is 1.00 bits per heavy atom. The van der Waals surface area contributed by atoms with Crippen LogP contribution in [0.2, 0.25) is 0 Å². The van der Waals surface area contributed by atoms with Crippen molar-refractivity contribution in [2.75, 3.05) is 0 Å². The molecule has 0 bridgehead atoms. The summed E-state index contributed by atoms with van der Waals surface area (Å²) in [5.74, 6) is -3.78. The van der Waals surface area contributed by atoms with Gasteiger partial charge in [-0.2, -0.15) is 0 Å². The first-order valence-electron chi connectivity index (χ1n) is 5.61. The zero-order chi connectivity index (χ0) is 12.7. The number of aryl methyl sites for hydroxylation is 1. The summed E-state index contributed by atoms with van der Waals surface area (Å²) in [5.41, 5.74) is 1.19. The number of carbonyl (C=O) groups is 2. The SMILES string of the molecule is O=C(O)C(CCCCc1ccccc1)C(=O)O. The highest BCUT2D eigenvalue weighted by Crippen LogP contribution is 2.12. The molecule has 0 unspecified atom stereocenters. The summed E-state index contributed by atoms with van der Waals surface area (Å²) in [5, 5.41) is 17.4. The van der Waals surface area contributed by atoms with Gasteiger partial charge < -0.3 is 10.2 Å². The molecule has 1 rings (SSSR count). The van der Waals surface area contributed by atoms with Gasteiger partial charge in [-0.3, -0.25) is 9.59 Å². The van der Waals surface area contributed by atoms with E-state index in [1.165, 1.54) is 5.56 Å². The number of unbranched alkanes of at least 4 members (excludes halogenated alkanes) is 1. The van der Waals surface area contributed by atoms with E-state index in [9.17, 15) is 9.59 Å². The molecule has 0 saturated carbocycles. The second-order valence-electron chi connectivity index (χ2n) is 3.96. The van der Waals surface area contributed by atoms with Gasteiger partial charge in [-0.15, -0.1) is 0 Å². The summed E-state index contributed by atoms with van der Waals surface area (Å²) in [6.07, 6.45) is 2.46. The van der Waals surface area contributed by atoms with Crippen LogP contribution in [0.5, 0.6) is 0 Å². The van der Waals surface area contributed by atoms with Gasteiger partial charge >= 0.3 is 11.9 Å². The molecule has 0 aliphatic carbocycles. The van der Waals surface area contributed by atoms with Gasteiger partial charge in [0, 0.05) is 0 Å². The maximum atomic E-state index is 10.6. The highest BCUT2D eigenvalue weighted by Gasteiger charge is 2.24. The summed E-state index contributed by atoms with van der Waals surface area (Å²) in [6.45, 7) is 0. The number of carboxylic acids is 2. The van der Waals surface area contributed by atoms with Crippen molar-refractivity contribution in [3.8, 4) is 0 Å². The van der Waals surface area contributed by atoms with E-state index in [0.29, 0.717) is 6.42 Å². The third-order valence-corrected chi connectivity index (χ3v) is 2.65. The predicted octanol–water partition coefficient (Wildman–Crippen LogP) is 2.18. The fourth-order valence-electron chi connectivity index (χ4n) is 1.67.